The van der Waals surface area contributed by atoms with Crippen molar-refractivity contribution in [2.45, 2.75) is 65.0 Å². The quantitative estimate of drug-likeness (QED) is 0.310. The molecular formula is C19H34IN5O. The van der Waals surface area contributed by atoms with Gasteiger partial charge in [-0.1, -0.05) is 19.0 Å². The lowest BCUT2D eigenvalue weighted by atomic mass is 10.1. The molecule has 0 aromatic carbocycles. The van der Waals surface area contributed by atoms with Gasteiger partial charge in [0.25, 0.3) is 0 Å². The van der Waals surface area contributed by atoms with Gasteiger partial charge in [0.1, 0.15) is 5.76 Å². The van der Waals surface area contributed by atoms with Crippen molar-refractivity contribution in [3.8, 4) is 0 Å². The molecule has 1 heterocycles. The van der Waals surface area contributed by atoms with E-state index in [9.17, 15) is 0 Å². The van der Waals surface area contributed by atoms with Gasteiger partial charge in [-0.2, -0.15) is 0 Å². The Hall–Kier alpha value is -0.830. The number of aliphatic imine (C=N–C) groups is 1. The van der Waals surface area contributed by atoms with Crippen molar-refractivity contribution in [3.05, 3.63) is 17.0 Å². The molecule has 0 bridgehead atoms. The van der Waals surface area contributed by atoms with E-state index in [-0.39, 0.29) is 24.0 Å². The molecule has 0 aliphatic heterocycles. The molecule has 0 radical (unpaired) electrons. The molecule has 26 heavy (non-hydrogen) atoms. The average Bonchev–Trinajstić information content (AvgIpc) is 3.54. The van der Waals surface area contributed by atoms with E-state index in [1.54, 1.807) is 0 Å². The second kappa shape index (κ2) is 10.5. The van der Waals surface area contributed by atoms with Crippen molar-refractivity contribution in [1.29, 1.82) is 0 Å². The van der Waals surface area contributed by atoms with E-state index in [1.807, 2.05) is 7.05 Å². The van der Waals surface area contributed by atoms with Gasteiger partial charge in [0.2, 0.25) is 0 Å². The van der Waals surface area contributed by atoms with Crippen LogP contribution in [-0.4, -0.2) is 48.7 Å². The van der Waals surface area contributed by atoms with Crippen LogP contribution in [-0.2, 0) is 19.4 Å². The summed E-state index contributed by atoms with van der Waals surface area (Å²) in [5.41, 5.74) is 2.23. The third-order valence-electron chi connectivity index (χ3n) is 5.21. The molecule has 2 aliphatic rings. The molecule has 0 spiro atoms. The van der Waals surface area contributed by atoms with Gasteiger partial charge >= 0.3 is 0 Å². The molecule has 2 N–H and O–H groups in total. The van der Waals surface area contributed by atoms with Gasteiger partial charge in [0.05, 0.1) is 5.69 Å². The monoisotopic (exact) mass is 475 g/mol. The summed E-state index contributed by atoms with van der Waals surface area (Å²) in [7, 11) is 1.83. The molecule has 148 valence electrons. The van der Waals surface area contributed by atoms with E-state index in [0.717, 1.165) is 55.3 Å². The number of nitrogens with one attached hydrogen (secondary N) is 2. The van der Waals surface area contributed by atoms with Gasteiger partial charge in [-0.3, -0.25) is 9.89 Å². The van der Waals surface area contributed by atoms with Crippen molar-refractivity contribution in [3.63, 3.8) is 0 Å². The van der Waals surface area contributed by atoms with Crippen LogP contribution < -0.4 is 10.6 Å². The summed E-state index contributed by atoms with van der Waals surface area (Å²) in [5.74, 6) is 2.79. The minimum Gasteiger partial charge on any atom is -0.361 e. The minimum atomic E-state index is 0. The normalized spacial score (nSPS) is 17.3. The predicted octanol–water partition coefficient (Wildman–Crippen LogP) is 2.96. The number of aromatic nitrogens is 1. The summed E-state index contributed by atoms with van der Waals surface area (Å²) >= 11 is 0. The van der Waals surface area contributed by atoms with Crippen LogP contribution in [0.15, 0.2) is 9.52 Å². The Morgan fingerprint density at radius 2 is 1.96 bits per heavy atom. The van der Waals surface area contributed by atoms with E-state index in [4.69, 9.17) is 4.52 Å². The summed E-state index contributed by atoms with van der Waals surface area (Å²) < 4.78 is 5.43. The SMILES string of the molecule is CCc1noc(CC)c1CNC(=NC)NCCN(CC1CC1)C1CC1.I. The number of rotatable bonds is 10. The Labute approximate surface area is 174 Å². The fourth-order valence-electron chi connectivity index (χ4n) is 3.34. The molecule has 2 fully saturated rings. The smallest absolute Gasteiger partial charge is 0.191 e. The summed E-state index contributed by atoms with van der Waals surface area (Å²) in [6.45, 7) is 8.26. The van der Waals surface area contributed by atoms with Crippen molar-refractivity contribution < 1.29 is 4.52 Å². The highest BCUT2D eigenvalue weighted by atomic mass is 127. The van der Waals surface area contributed by atoms with Gasteiger partial charge < -0.3 is 15.2 Å². The van der Waals surface area contributed by atoms with Gasteiger partial charge in [-0.15, -0.1) is 24.0 Å². The van der Waals surface area contributed by atoms with E-state index >= 15 is 0 Å². The molecule has 0 saturated heterocycles. The number of guanidine groups is 1. The number of halogens is 1. The highest BCUT2D eigenvalue weighted by molar-refractivity contribution is 14.0. The molecule has 1 aromatic heterocycles. The zero-order valence-corrected chi connectivity index (χ0v) is 18.7. The Morgan fingerprint density at radius 3 is 2.54 bits per heavy atom. The number of hydrogen-bond donors (Lipinski definition) is 2. The van der Waals surface area contributed by atoms with E-state index < -0.39 is 0 Å². The van der Waals surface area contributed by atoms with E-state index in [2.05, 4.69) is 39.5 Å². The van der Waals surface area contributed by atoms with Gasteiger partial charge in [-0.25, -0.2) is 0 Å². The zero-order valence-electron chi connectivity index (χ0n) is 16.4. The molecule has 3 rings (SSSR count). The summed E-state index contributed by atoms with van der Waals surface area (Å²) in [6.07, 6.45) is 7.38. The third kappa shape index (κ3) is 6.11. The maximum atomic E-state index is 5.43. The first-order valence-electron chi connectivity index (χ1n) is 9.90. The minimum absolute atomic E-state index is 0. The van der Waals surface area contributed by atoms with Crippen molar-refractivity contribution >= 4 is 29.9 Å². The molecule has 6 nitrogen and oxygen atoms in total. The lowest BCUT2D eigenvalue weighted by Gasteiger charge is -2.22. The van der Waals surface area contributed by atoms with Gasteiger partial charge in [-0.05, 0) is 38.0 Å². The largest absolute Gasteiger partial charge is 0.361 e. The fraction of sp³-hybridized carbons (Fsp3) is 0.789. The molecule has 0 amide bonds. The van der Waals surface area contributed by atoms with Crippen LogP contribution in [0.1, 0.15) is 56.5 Å². The molecular weight excluding hydrogens is 441 g/mol. The summed E-state index contributed by atoms with van der Waals surface area (Å²) in [4.78, 5) is 7.02. The lowest BCUT2D eigenvalue weighted by molar-refractivity contribution is 0.256. The fourth-order valence-corrected chi connectivity index (χ4v) is 3.34. The van der Waals surface area contributed by atoms with E-state index in [0.29, 0.717) is 6.54 Å². The highest BCUT2D eigenvalue weighted by Crippen LogP contribution is 2.34. The molecule has 2 saturated carbocycles. The van der Waals surface area contributed by atoms with Crippen LogP contribution in [0.25, 0.3) is 0 Å². The maximum Gasteiger partial charge on any atom is 0.191 e. The van der Waals surface area contributed by atoms with Crippen molar-refractivity contribution in [2.24, 2.45) is 10.9 Å². The Kier molecular flexibility index (Phi) is 8.66. The van der Waals surface area contributed by atoms with Crippen LogP contribution in [0.3, 0.4) is 0 Å². The highest BCUT2D eigenvalue weighted by Gasteiger charge is 2.33. The molecule has 1 aromatic rings. The first-order chi connectivity index (χ1) is 12.2. The topological polar surface area (TPSA) is 65.7 Å². The van der Waals surface area contributed by atoms with Gasteiger partial charge in [0, 0.05) is 51.3 Å². The summed E-state index contributed by atoms with van der Waals surface area (Å²) in [5, 5.41) is 11.0. The van der Waals surface area contributed by atoms with Gasteiger partial charge in [0.15, 0.2) is 5.96 Å². The molecule has 7 heteroatoms. The van der Waals surface area contributed by atoms with Crippen LogP contribution in [0.5, 0.6) is 0 Å². The molecule has 0 unspecified atom stereocenters. The lowest BCUT2D eigenvalue weighted by Crippen LogP contribution is -2.42. The van der Waals surface area contributed by atoms with E-state index in [1.165, 1.54) is 37.8 Å². The van der Waals surface area contributed by atoms with Crippen molar-refractivity contribution in [2.75, 3.05) is 26.7 Å². The Morgan fingerprint density at radius 1 is 1.19 bits per heavy atom. The first kappa shape index (κ1) is 21.5. The Balaban J connectivity index is 0.00000243. The summed E-state index contributed by atoms with van der Waals surface area (Å²) in [6, 6.07) is 0.841. The van der Waals surface area contributed by atoms with Crippen LogP contribution in [0.4, 0.5) is 0 Å². The molecule has 0 atom stereocenters. The number of nitrogens with zero attached hydrogens (tertiary/aromatic N) is 3. The number of hydrogen-bond acceptors (Lipinski definition) is 4. The molecule has 2 aliphatic carbocycles. The van der Waals surface area contributed by atoms with Crippen molar-refractivity contribution in [1.82, 2.24) is 20.7 Å². The first-order valence-corrected chi connectivity index (χ1v) is 9.90. The second-order valence-corrected chi connectivity index (χ2v) is 7.26. The maximum absolute atomic E-state index is 5.43. The van der Waals surface area contributed by atoms with Crippen LogP contribution in [0, 0.1) is 5.92 Å². The number of aryl methyl sites for hydroxylation is 2. The standard InChI is InChI=1S/C19H33N5O.HI/c1-4-17-16(18(5-2)25-23-17)12-22-19(20-3)21-10-11-24(15-8-9-15)13-14-6-7-14;/h14-15H,4-13H2,1-3H3,(H2,20,21,22);1H. The predicted molar refractivity (Wildman–Crippen MR) is 116 cm³/mol. The third-order valence-corrected chi connectivity index (χ3v) is 5.21. The van der Waals surface area contributed by atoms with Crippen LogP contribution in [0.2, 0.25) is 0 Å². The Bertz CT molecular complexity index is 559. The zero-order chi connectivity index (χ0) is 17.6. The van der Waals surface area contributed by atoms with Crippen LogP contribution >= 0.6 is 24.0 Å². The average molecular weight is 475 g/mol. The second-order valence-electron chi connectivity index (χ2n) is 7.26.